The molecule has 0 radical (unpaired) electrons. The van der Waals surface area contributed by atoms with Crippen LogP contribution in [-0.2, 0) is 14.3 Å². The average molecular weight is 516 g/mol. The number of carbonyl (C=O) groups is 1. The number of benzene rings is 3. The molecule has 1 saturated heterocycles. The van der Waals surface area contributed by atoms with Crippen molar-refractivity contribution >= 4 is 17.3 Å². The summed E-state index contributed by atoms with van der Waals surface area (Å²) >= 11 is 0. The van der Waals surface area contributed by atoms with Crippen LogP contribution in [0.3, 0.4) is 0 Å². The number of nitrogens with zero attached hydrogens (tertiary/aromatic N) is 1. The van der Waals surface area contributed by atoms with Crippen molar-refractivity contribution in [3.8, 4) is 16.9 Å². The van der Waals surface area contributed by atoms with Gasteiger partial charge in [-0.2, -0.15) is 0 Å². The first-order chi connectivity index (χ1) is 17.9. The maximum absolute atomic E-state index is 15.1. The van der Waals surface area contributed by atoms with Gasteiger partial charge in [-0.15, -0.1) is 0 Å². The molecular formula is C27H28F3N3O4. The van der Waals surface area contributed by atoms with E-state index in [2.05, 4.69) is 10.6 Å². The zero-order valence-corrected chi connectivity index (χ0v) is 20.5. The summed E-state index contributed by atoms with van der Waals surface area (Å²) in [5.74, 6) is -1.84. The number of hydrogen-bond acceptors (Lipinski definition) is 6. The fourth-order valence-corrected chi connectivity index (χ4v) is 4.10. The molecule has 1 amide bonds. The van der Waals surface area contributed by atoms with Crippen LogP contribution in [0.25, 0.3) is 11.1 Å². The third-order valence-corrected chi connectivity index (χ3v) is 5.96. The summed E-state index contributed by atoms with van der Waals surface area (Å²) in [4.78, 5) is 14.6. The largest absolute Gasteiger partial charge is 0.495 e. The molecule has 1 heterocycles. The summed E-state index contributed by atoms with van der Waals surface area (Å²) in [6.45, 7) is 2.76. The second-order valence-electron chi connectivity index (χ2n) is 8.51. The number of methoxy groups -OCH3 is 2. The Bertz CT molecular complexity index is 1230. The Morgan fingerprint density at radius 2 is 1.70 bits per heavy atom. The molecule has 0 aliphatic carbocycles. The van der Waals surface area contributed by atoms with Gasteiger partial charge in [-0.25, -0.2) is 13.2 Å². The molecule has 0 aromatic heterocycles. The summed E-state index contributed by atoms with van der Waals surface area (Å²) in [6.07, 6.45) is -0.886. The fraction of sp³-hybridized carbons (Fsp3) is 0.296. The Morgan fingerprint density at radius 1 is 0.973 bits per heavy atom. The van der Waals surface area contributed by atoms with E-state index in [0.717, 1.165) is 18.2 Å². The van der Waals surface area contributed by atoms with Gasteiger partial charge in [0.05, 0.1) is 32.6 Å². The maximum atomic E-state index is 15.1. The molecule has 10 heteroatoms. The van der Waals surface area contributed by atoms with E-state index in [1.165, 1.54) is 26.4 Å². The number of ether oxygens (including phenoxy) is 3. The van der Waals surface area contributed by atoms with E-state index in [1.807, 2.05) is 4.90 Å². The van der Waals surface area contributed by atoms with Crippen molar-refractivity contribution in [2.75, 3.05) is 57.7 Å². The number of nitrogens with one attached hydrogen (secondary N) is 2. The van der Waals surface area contributed by atoms with Gasteiger partial charge in [0, 0.05) is 37.5 Å². The molecule has 37 heavy (non-hydrogen) atoms. The third-order valence-electron chi connectivity index (χ3n) is 5.96. The molecule has 0 saturated carbocycles. The number of morpholine rings is 1. The van der Waals surface area contributed by atoms with Crippen LogP contribution in [0, 0.1) is 17.5 Å². The topological polar surface area (TPSA) is 72.1 Å². The van der Waals surface area contributed by atoms with Gasteiger partial charge in [-0.3, -0.25) is 9.69 Å². The predicted molar refractivity (Wildman–Crippen MR) is 134 cm³/mol. The van der Waals surface area contributed by atoms with Crippen molar-refractivity contribution in [2.45, 2.75) is 6.23 Å². The van der Waals surface area contributed by atoms with E-state index in [-0.39, 0.29) is 23.6 Å². The Labute approximate surface area is 213 Å². The van der Waals surface area contributed by atoms with E-state index in [0.29, 0.717) is 49.0 Å². The standard InChI is InChI=1S/C27H28F3N3O4/c1-35-25-6-4-21(15-24(25)32-26(34)16-33-7-9-37-10-8-33)31-27(36-2)22-5-3-17(13-23(22)30)18-11-19(28)14-20(29)12-18/h3-6,11-15,27,31H,7-10,16H2,1-2H3,(H,32,34). The maximum Gasteiger partial charge on any atom is 0.238 e. The monoisotopic (exact) mass is 515 g/mol. The second kappa shape index (κ2) is 12.1. The van der Waals surface area contributed by atoms with Gasteiger partial charge in [0.15, 0.2) is 6.23 Å². The van der Waals surface area contributed by atoms with Crippen molar-refractivity contribution < 1.29 is 32.2 Å². The van der Waals surface area contributed by atoms with Crippen molar-refractivity contribution in [3.05, 3.63) is 77.6 Å². The highest BCUT2D eigenvalue weighted by Gasteiger charge is 2.19. The molecule has 1 atom stereocenters. The molecular weight excluding hydrogens is 487 g/mol. The van der Waals surface area contributed by atoms with Crippen molar-refractivity contribution in [3.63, 3.8) is 0 Å². The van der Waals surface area contributed by atoms with Crippen LogP contribution in [-0.4, -0.2) is 57.9 Å². The van der Waals surface area contributed by atoms with E-state index < -0.39 is 23.7 Å². The molecule has 3 aromatic carbocycles. The number of amides is 1. The summed E-state index contributed by atoms with van der Waals surface area (Å²) in [6, 6.07) is 12.3. The van der Waals surface area contributed by atoms with Crippen LogP contribution in [0.5, 0.6) is 5.75 Å². The Hall–Kier alpha value is -3.60. The Kier molecular flexibility index (Phi) is 8.65. The van der Waals surface area contributed by atoms with Crippen LogP contribution in [0.1, 0.15) is 11.8 Å². The van der Waals surface area contributed by atoms with E-state index in [1.54, 1.807) is 24.3 Å². The molecule has 0 spiro atoms. The second-order valence-corrected chi connectivity index (χ2v) is 8.51. The molecule has 196 valence electrons. The molecule has 1 aliphatic heterocycles. The smallest absolute Gasteiger partial charge is 0.238 e. The number of anilines is 2. The van der Waals surface area contributed by atoms with Gasteiger partial charge in [0.25, 0.3) is 0 Å². The molecule has 0 bridgehead atoms. The van der Waals surface area contributed by atoms with Crippen molar-refractivity contribution in [2.24, 2.45) is 0 Å². The van der Waals surface area contributed by atoms with Crippen LogP contribution in [0.15, 0.2) is 54.6 Å². The number of hydrogen-bond donors (Lipinski definition) is 2. The van der Waals surface area contributed by atoms with E-state index in [9.17, 15) is 13.6 Å². The zero-order chi connectivity index (χ0) is 26.4. The lowest BCUT2D eigenvalue weighted by atomic mass is 10.0. The first-order valence-corrected chi connectivity index (χ1v) is 11.7. The normalized spacial score (nSPS) is 14.7. The number of halogens is 3. The quantitative estimate of drug-likeness (QED) is 0.399. The Morgan fingerprint density at radius 3 is 2.35 bits per heavy atom. The lowest BCUT2D eigenvalue weighted by Crippen LogP contribution is -2.41. The first-order valence-electron chi connectivity index (χ1n) is 11.7. The molecule has 1 fully saturated rings. The molecule has 1 unspecified atom stereocenters. The van der Waals surface area contributed by atoms with E-state index >= 15 is 4.39 Å². The zero-order valence-electron chi connectivity index (χ0n) is 20.5. The van der Waals surface area contributed by atoms with Gasteiger partial charge < -0.3 is 24.8 Å². The molecule has 2 N–H and O–H groups in total. The molecule has 4 rings (SSSR count). The number of rotatable bonds is 9. The van der Waals surface area contributed by atoms with Crippen LogP contribution >= 0.6 is 0 Å². The average Bonchev–Trinajstić information content (AvgIpc) is 2.87. The van der Waals surface area contributed by atoms with Crippen LogP contribution < -0.4 is 15.4 Å². The van der Waals surface area contributed by atoms with Gasteiger partial charge in [-0.05, 0) is 47.5 Å². The summed E-state index contributed by atoms with van der Waals surface area (Å²) < 4.78 is 58.4. The van der Waals surface area contributed by atoms with Gasteiger partial charge in [0.1, 0.15) is 23.2 Å². The van der Waals surface area contributed by atoms with E-state index in [4.69, 9.17) is 14.2 Å². The minimum absolute atomic E-state index is 0.192. The third kappa shape index (κ3) is 6.79. The van der Waals surface area contributed by atoms with Gasteiger partial charge in [-0.1, -0.05) is 12.1 Å². The van der Waals surface area contributed by atoms with Crippen LogP contribution in [0.4, 0.5) is 24.5 Å². The Balaban J connectivity index is 1.50. The summed E-state index contributed by atoms with van der Waals surface area (Å²) in [5.41, 5.74) is 1.73. The van der Waals surface area contributed by atoms with Gasteiger partial charge >= 0.3 is 0 Å². The molecule has 1 aliphatic rings. The van der Waals surface area contributed by atoms with Crippen molar-refractivity contribution in [1.82, 2.24) is 4.90 Å². The lowest BCUT2D eigenvalue weighted by molar-refractivity contribution is -0.118. The molecule has 7 nitrogen and oxygen atoms in total. The highest BCUT2D eigenvalue weighted by molar-refractivity contribution is 5.94. The predicted octanol–water partition coefficient (Wildman–Crippen LogP) is 4.81. The summed E-state index contributed by atoms with van der Waals surface area (Å²) in [5, 5.41) is 5.96. The highest BCUT2D eigenvalue weighted by atomic mass is 19.1. The lowest BCUT2D eigenvalue weighted by Gasteiger charge is -2.26. The minimum Gasteiger partial charge on any atom is -0.495 e. The minimum atomic E-state index is -0.886. The van der Waals surface area contributed by atoms with Crippen LogP contribution in [0.2, 0.25) is 0 Å². The van der Waals surface area contributed by atoms with Crippen molar-refractivity contribution in [1.29, 1.82) is 0 Å². The molecule has 3 aromatic rings. The SMILES string of the molecule is COc1ccc(NC(OC)c2ccc(-c3cc(F)cc(F)c3)cc2F)cc1NC(=O)CN1CCOCC1. The fourth-order valence-electron chi connectivity index (χ4n) is 4.10. The highest BCUT2D eigenvalue weighted by Crippen LogP contribution is 2.32. The number of carbonyl (C=O) groups excluding carboxylic acids is 1. The summed E-state index contributed by atoms with van der Waals surface area (Å²) in [7, 11) is 2.92. The van der Waals surface area contributed by atoms with Gasteiger partial charge in [0.2, 0.25) is 5.91 Å². The first kappa shape index (κ1) is 26.5.